The maximum Gasteiger partial charge on any atom is 0.347 e. The van der Waals surface area contributed by atoms with Gasteiger partial charge < -0.3 is 9.47 Å². The predicted molar refractivity (Wildman–Crippen MR) is 75.1 cm³/mol. The van der Waals surface area contributed by atoms with E-state index < -0.39 is 6.10 Å². The number of carbonyl (C=O) groups excluding carboxylic acids is 2. The molecular formula is C16H20O4. The fourth-order valence-corrected chi connectivity index (χ4v) is 2.44. The van der Waals surface area contributed by atoms with Gasteiger partial charge in [-0.3, -0.25) is 4.79 Å². The highest BCUT2D eigenvalue weighted by atomic mass is 16.6. The molecule has 1 unspecified atom stereocenters. The average molecular weight is 276 g/mol. The van der Waals surface area contributed by atoms with Gasteiger partial charge in [-0.2, -0.15) is 0 Å². The maximum atomic E-state index is 11.9. The van der Waals surface area contributed by atoms with Crippen molar-refractivity contribution >= 4 is 11.8 Å². The zero-order chi connectivity index (χ0) is 14.5. The molecule has 0 fully saturated rings. The van der Waals surface area contributed by atoms with Gasteiger partial charge in [-0.15, -0.1) is 0 Å². The molecule has 1 atom stereocenters. The third-order valence-electron chi connectivity index (χ3n) is 3.41. The maximum absolute atomic E-state index is 11.9. The molecule has 0 saturated carbocycles. The first-order chi connectivity index (χ1) is 9.67. The zero-order valence-electron chi connectivity index (χ0n) is 12.0. The van der Waals surface area contributed by atoms with Crippen LogP contribution in [0.1, 0.15) is 49.0 Å². The number of fused-ring (bicyclic) bond motifs is 1. The number of hydrogen-bond acceptors (Lipinski definition) is 4. The highest BCUT2D eigenvalue weighted by Crippen LogP contribution is 2.31. The second-order valence-corrected chi connectivity index (χ2v) is 4.85. The monoisotopic (exact) mass is 276 g/mol. The molecular weight excluding hydrogens is 256 g/mol. The molecule has 0 saturated heterocycles. The van der Waals surface area contributed by atoms with Crippen LogP contribution in [-0.4, -0.2) is 24.5 Å². The van der Waals surface area contributed by atoms with Crippen LogP contribution in [0.3, 0.4) is 0 Å². The lowest BCUT2D eigenvalue weighted by Gasteiger charge is -2.18. The van der Waals surface area contributed by atoms with Crippen molar-refractivity contribution in [3.05, 3.63) is 29.3 Å². The van der Waals surface area contributed by atoms with E-state index in [-0.39, 0.29) is 11.8 Å². The Morgan fingerprint density at radius 1 is 1.30 bits per heavy atom. The predicted octanol–water partition coefficient (Wildman–Crippen LogP) is 2.93. The lowest BCUT2D eigenvalue weighted by molar-refractivity contribution is -0.151. The first-order valence-corrected chi connectivity index (χ1v) is 7.15. The van der Waals surface area contributed by atoms with Crippen LogP contribution in [0, 0.1) is 0 Å². The molecule has 1 aliphatic rings. The minimum Gasteiger partial charge on any atom is -0.478 e. The normalized spacial score (nSPS) is 14.8. The van der Waals surface area contributed by atoms with Crippen LogP contribution in [0.25, 0.3) is 0 Å². The number of ketones is 1. The Hall–Kier alpha value is -1.84. The summed E-state index contributed by atoms with van der Waals surface area (Å²) in [5, 5.41) is 0. The van der Waals surface area contributed by atoms with Crippen LogP contribution in [-0.2, 0) is 16.0 Å². The van der Waals surface area contributed by atoms with Gasteiger partial charge in [0.05, 0.1) is 6.61 Å². The second-order valence-electron chi connectivity index (χ2n) is 4.85. The summed E-state index contributed by atoms with van der Waals surface area (Å²) in [6, 6.07) is 5.43. The molecule has 1 aliphatic carbocycles. The van der Waals surface area contributed by atoms with E-state index in [2.05, 4.69) is 0 Å². The number of benzene rings is 1. The molecule has 1 aromatic rings. The van der Waals surface area contributed by atoms with E-state index in [4.69, 9.17) is 9.47 Å². The lowest BCUT2D eigenvalue weighted by atomic mass is 10.1. The third-order valence-corrected chi connectivity index (χ3v) is 3.41. The first kappa shape index (κ1) is 14.6. The molecule has 4 nitrogen and oxygen atoms in total. The summed E-state index contributed by atoms with van der Waals surface area (Å²) in [6.45, 7) is 4.11. The SMILES string of the molecule is CCCC(Oc1cccc2c1CCC2=O)C(=O)OCC. The van der Waals surface area contributed by atoms with E-state index >= 15 is 0 Å². The summed E-state index contributed by atoms with van der Waals surface area (Å²) in [5.74, 6) is 0.449. The number of esters is 1. The van der Waals surface area contributed by atoms with Crippen LogP contribution in [0.5, 0.6) is 5.75 Å². The number of hydrogen-bond donors (Lipinski definition) is 0. The fraction of sp³-hybridized carbons (Fsp3) is 0.500. The van der Waals surface area contributed by atoms with Crippen molar-refractivity contribution in [2.24, 2.45) is 0 Å². The number of ether oxygens (including phenoxy) is 2. The fourth-order valence-electron chi connectivity index (χ4n) is 2.44. The third kappa shape index (κ3) is 3.00. The summed E-state index contributed by atoms with van der Waals surface area (Å²) >= 11 is 0. The van der Waals surface area contributed by atoms with Crippen molar-refractivity contribution < 1.29 is 19.1 Å². The molecule has 108 valence electrons. The highest BCUT2D eigenvalue weighted by Gasteiger charge is 2.26. The number of rotatable bonds is 6. The van der Waals surface area contributed by atoms with E-state index in [0.717, 1.165) is 17.5 Å². The van der Waals surface area contributed by atoms with Gasteiger partial charge in [0.1, 0.15) is 5.75 Å². The Balaban J connectivity index is 2.19. The van der Waals surface area contributed by atoms with Gasteiger partial charge in [-0.25, -0.2) is 4.79 Å². The molecule has 20 heavy (non-hydrogen) atoms. The summed E-state index contributed by atoms with van der Waals surface area (Å²) in [5.41, 5.74) is 1.64. The molecule has 0 heterocycles. The van der Waals surface area contributed by atoms with Gasteiger partial charge >= 0.3 is 5.97 Å². The van der Waals surface area contributed by atoms with Gasteiger partial charge in [0.15, 0.2) is 11.9 Å². The molecule has 0 spiro atoms. The second kappa shape index (κ2) is 6.55. The quantitative estimate of drug-likeness (QED) is 0.750. The molecule has 0 radical (unpaired) electrons. The minimum absolute atomic E-state index is 0.147. The van der Waals surface area contributed by atoms with Crippen molar-refractivity contribution in [1.29, 1.82) is 0 Å². The largest absolute Gasteiger partial charge is 0.478 e. The Kier molecular flexibility index (Phi) is 4.77. The number of carbonyl (C=O) groups is 2. The summed E-state index contributed by atoms with van der Waals surface area (Å²) < 4.78 is 10.9. The van der Waals surface area contributed by atoms with E-state index in [0.29, 0.717) is 31.6 Å². The van der Waals surface area contributed by atoms with Gasteiger partial charge in [0.25, 0.3) is 0 Å². The van der Waals surface area contributed by atoms with Crippen molar-refractivity contribution in [1.82, 2.24) is 0 Å². The zero-order valence-corrected chi connectivity index (χ0v) is 12.0. The van der Waals surface area contributed by atoms with Crippen LogP contribution in [0.4, 0.5) is 0 Å². The molecule has 2 rings (SSSR count). The molecule has 0 aliphatic heterocycles. The topological polar surface area (TPSA) is 52.6 Å². The molecule has 4 heteroatoms. The molecule has 0 amide bonds. The summed E-state index contributed by atoms with van der Waals surface area (Å²) in [6.07, 6.45) is 2.05. The Morgan fingerprint density at radius 2 is 2.10 bits per heavy atom. The van der Waals surface area contributed by atoms with Crippen molar-refractivity contribution in [3.63, 3.8) is 0 Å². The number of Topliss-reactive ketones (excluding diaryl/α,β-unsaturated/α-hetero) is 1. The Labute approximate surface area is 119 Å². The smallest absolute Gasteiger partial charge is 0.347 e. The first-order valence-electron chi connectivity index (χ1n) is 7.15. The van der Waals surface area contributed by atoms with Crippen LogP contribution >= 0.6 is 0 Å². The molecule has 0 bridgehead atoms. The van der Waals surface area contributed by atoms with Gasteiger partial charge in [0.2, 0.25) is 0 Å². The van der Waals surface area contributed by atoms with Crippen molar-refractivity contribution in [2.45, 2.75) is 45.6 Å². The van der Waals surface area contributed by atoms with Crippen molar-refractivity contribution in [2.75, 3.05) is 6.61 Å². The van der Waals surface area contributed by atoms with Crippen LogP contribution in [0.15, 0.2) is 18.2 Å². The van der Waals surface area contributed by atoms with E-state index in [1.807, 2.05) is 19.1 Å². The summed E-state index contributed by atoms with van der Waals surface area (Å²) in [7, 11) is 0. The van der Waals surface area contributed by atoms with Crippen molar-refractivity contribution in [3.8, 4) is 5.75 Å². The molecule has 1 aromatic carbocycles. The Bertz CT molecular complexity index is 507. The van der Waals surface area contributed by atoms with E-state index in [1.165, 1.54) is 0 Å². The van der Waals surface area contributed by atoms with E-state index in [1.54, 1.807) is 13.0 Å². The average Bonchev–Trinajstić information content (AvgIpc) is 2.81. The van der Waals surface area contributed by atoms with Gasteiger partial charge in [-0.1, -0.05) is 25.5 Å². The highest BCUT2D eigenvalue weighted by molar-refractivity contribution is 6.01. The standard InChI is InChI=1S/C16H20O4/c1-3-6-15(16(18)19-4-2)20-14-8-5-7-11-12(14)9-10-13(11)17/h5,7-8,15H,3-4,6,9-10H2,1-2H3. The van der Waals surface area contributed by atoms with E-state index in [9.17, 15) is 9.59 Å². The van der Waals surface area contributed by atoms with Crippen LogP contribution in [0.2, 0.25) is 0 Å². The lowest BCUT2D eigenvalue weighted by Crippen LogP contribution is -2.29. The van der Waals surface area contributed by atoms with Gasteiger partial charge in [-0.05, 0) is 25.8 Å². The van der Waals surface area contributed by atoms with Gasteiger partial charge in [0, 0.05) is 17.5 Å². The van der Waals surface area contributed by atoms with Crippen LogP contribution < -0.4 is 4.74 Å². The minimum atomic E-state index is -0.595. The molecule has 0 N–H and O–H groups in total. The Morgan fingerprint density at radius 3 is 2.80 bits per heavy atom. The summed E-state index contributed by atoms with van der Waals surface area (Å²) in [4.78, 5) is 23.6. The molecule has 0 aromatic heterocycles.